The highest BCUT2D eigenvalue weighted by atomic mass is 19.1. The molecule has 2 amide bonds. The Morgan fingerprint density at radius 3 is 2.36 bits per heavy atom. The largest absolute Gasteiger partial charge is 0.455 e. The molecule has 0 aliphatic rings. The summed E-state index contributed by atoms with van der Waals surface area (Å²) in [5, 5.41) is 5.25. The summed E-state index contributed by atoms with van der Waals surface area (Å²) in [6.07, 6.45) is -0.717. The Kier molecular flexibility index (Phi) is 6.61. The number of carbonyl (C=O) groups is 2. The van der Waals surface area contributed by atoms with E-state index in [0.29, 0.717) is 16.9 Å². The third kappa shape index (κ3) is 5.27. The number of amides is 2. The Bertz CT molecular complexity index is 1520. The maximum absolute atomic E-state index is 14.5. The molecule has 4 rings (SSSR count). The maximum atomic E-state index is 14.5. The maximum Gasteiger partial charge on any atom is 0.412 e. The van der Waals surface area contributed by atoms with Gasteiger partial charge in [-0.15, -0.1) is 0 Å². The van der Waals surface area contributed by atoms with Gasteiger partial charge in [0.05, 0.1) is 16.6 Å². The summed E-state index contributed by atoms with van der Waals surface area (Å²) >= 11 is 0. The van der Waals surface area contributed by atoms with Gasteiger partial charge < -0.3 is 14.5 Å². The summed E-state index contributed by atoms with van der Waals surface area (Å²) in [5.41, 5.74) is 0.348. The molecule has 1 aromatic heterocycles. The fraction of sp³-hybridized carbons (Fsp3) is 0.179. The van der Waals surface area contributed by atoms with Crippen molar-refractivity contribution in [3.8, 4) is 11.3 Å². The molecule has 0 bridgehead atoms. The first-order valence-corrected chi connectivity index (χ1v) is 11.3. The SMILES string of the molecule is Cc1c(-c2ccccc2)oc2c(C(=O)Nc3cc(NC(=O)OC(C)(C)C)ccc3F)cccc2c1=O. The van der Waals surface area contributed by atoms with Gasteiger partial charge in [0, 0.05) is 16.8 Å². The Balaban J connectivity index is 1.69. The van der Waals surface area contributed by atoms with E-state index < -0.39 is 23.4 Å². The quantitative estimate of drug-likeness (QED) is 0.341. The van der Waals surface area contributed by atoms with E-state index in [9.17, 15) is 18.8 Å². The van der Waals surface area contributed by atoms with Crippen LogP contribution in [0.25, 0.3) is 22.3 Å². The highest BCUT2D eigenvalue weighted by Gasteiger charge is 2.20. The van der Waals surface area contributed by atoms with E-state index in [1.165, 1.54) is 18.2 Å². The summed E-state index contributed by atoms with van der Waals surface area (Å²) in [6, 6.07) is 17.5. The van der Waals surface area contributed by atoms with Crippen molar-refractivity contribution in [1.82, 2.24) is 0 Å². The molecule has 0 spiro atoms. The molecule has 0 aliphatic heterocycles. The average molecular weight is 489 g/mol. The Morgan fingerprint density at radius 1 is 0.944 bits per heavy atom. The van der Waals surface area contributed by atoms with Crippen LogP contribution < -0.4 is 16.1 Å². The number of hydrogen-bond acceptors (Lipinski definition) is 5. The second-order valence-electron chi connectivity index (χ2n) is 9.21. The number of anilines is 2. The van der Waals surface area contributed by atoms with Crippen LogP contribution in [0.5, 0.6) is 0 Å². The molecule has 1 heterocycles. The number of hydrogen-bond donors (Lipinski definition) is 2. The van der Waals surface area contributed by atoms with Crippen LogP contribution in [0.4, 0.5) is 20.6 Å². The summed E-state index contributed by atoms with van der Waals surface area (Å²) in [6.45, 7) is 6.82. The molecule has 3 aromatic carbocycles. The molecule has 0 aliphatic carbocycles. The smallest absolute Gasteiger partial charge is 0.412 e. The summed E-state index contributed by atoms with van der Waals surface area (Å²) in [7, 11) is 0. The number of para-hydroxylation sites is 1. The second-order valence-corrected chi connectivity index (χ2v) is 9.21. The minimum Gasteiger partial charge on any atom is -0.455 e. The lowest BCUT2D eigenvalue weighted by atomic mass is 10.0. The minimum atomic E-state index is -0.717. The molecular weight excluding hydrogens is 463 g/mol. The standard InChI is InChI=1S/C28H25FN2O5/c1-16-23(32)19-11-8-12-20(25(19)35-24(16)17-9-6-5-7-10-17)26(33)31-22-15-18(13-14-21(22)29)30-27(34)36-28(2,3)4/h5-15H,1-4H3,(H,30,34)(H,31,33). The van der Waals surface area contributed by atoms with Gasteiger partial charge in [-0.3, -0.25) is 14.9 Å². The van der Waals surface area contributed by atoms with Gasteiger partial charge in [-0.05, 0) is 58.0 Å². The molecule has 4 aromatic rings. The zero-order chi connectivity index (χ0) is 26.0. The first kappa shape index (κ1) is 24.7. The van der Waals surface area contributed by atoms with E-state index >= 15 is 0 Å². The molecule has 36 heavy (non-hydrogen) atoms. The van der Waals surface area contributed by atoms with E-state index in [4.69, 9.17) is 9.15 Å². The Hall–Kier alpha value is -4.46. The predicted molar refractivity (Wildman–Crippen MR) is 137 cm³/mol. The van der Waals surface area contributed by atoms with E-state index in [0.717, 1.165) is 6.07 Å². The Morgan fingerprint density at radius 2 is 1.67 bits per heavy atom. The van der Waals surface area contributed by atoms with Gasteiger partial charge >= 0.3 is 6.09 Å². The van der Waals surface area contributed by atoms with Crippen LogP contribution >= 0.6 is 0 Å². The van der Waals surface area contributed by atoms with Gasteiger partial charge in [0.25, 0.3) is 5.91 Å². The van der Waals surface area contributed by atoms with Crippen LogP contribution in [0.3, 0.4) is 0 Å². The topological polar surface area (TPSA) is 97.6 Å². The van der Waals surface area contributed by atoms with Crippen LogP contribution in [0.15, 0.2) is 75.9 Å². The monoisotopic (exact) mass is 488 g/mol. The van der Waals surface area contributed by atoms with Crippen LogP contribution in [-0.4, -0.2) is 17.6 Å². The van der Waals surface area contributed by atoms with Crippen LogP contribution in [-0.2, 0) is 4.74 Å². The van der Waals surface area contributed by atoms with Crippen LogP contribution in [0.2, 0.25) is 0 Å². The molecule has 0 atom stereocenters. The molecule has 0 unspecified atom stereocenters. The lowest BCUT2D eigenvalue weighted by Crippen LogP contribution is -2.27. The lowest BCUT2D eigenvalue weighted by Gasteiger charge is -2.20. The molecule has 0 saturated heterocycles. The lowest BCUT2D eigenvalue weighted by molar-refractivity contribution is 0.0635. The molecule has 2 N–H and O–H groups in total. The molecular formula is C28H25FN2O5. The fourth-order valence-electron chi connectivity index (χ4n) is 3.66. The van der Waals surface area contributed by atoms with Gasteiger partial charge in [0.2, 0.25) is 0 Å². The fourth-order valence-corrected chi connectivity index (χ4v) is 3.66. The third-order valence-corrected chi connectivity index (χ3v) is 5.29. The van der Waals surface area contributed by atoms with Gasteiger partial charge in [-0.2, -0.15) is 0 Å². The number of ether oxygens (including phenoxy) is 1. The van der Waals surface area contributed by atoms with Crippen molar-refractivity contribution >= 4 is 34.3 Å². The second kappa shape index (κ2) is 9.65. The molecule has 0 fully saturated rings. The number of benzene rings is 3. The van der Waals surface area contributed by atoms with Crippen LogP contribution in [0, 0.1) is 12.7 Å². The zero-order valence-electron chi connectivity index (χ0n) is 20.3. The number of nitrogens with one attached hydrogen (secondary N) is 2. The van der Waals surface area contributed by atoms with Crippen molar-refractivity contribution in [3.63, 3.8) is 0 Å². The number of carbonyl (C=O) groups excluding carboxylic acids is 2. The van der Waals surface area contributed by atoms with Gasteiger partial charge in [0.15, 0.2) is 11.0 Å². The van der Waals surface area contributed by atoms with Crippen molar-refractivity contribution in [2.24, 2.45) is 0 Å². The zero-order valence-corrected chi connectivity index (χ0v) is 20.3. The summed E-state index contributed by atoms with van der Waals surface area (Å²) in [4.78, 5) is 38.3. The van der Waals surface area contributed by atoms with Crippen molar-refractivity contribution in [1.29, 1.82) is 0 Å². The first-order chi connectivity index (χ1) is 17.0. The third-order valence-electron chi connectivity index (χ3n) is 5.29. The van der Waals surface area contributed by atoms with Crippen molar-refractivity contribution < 1.29 is 23.1 Å². The van der Waals surface area contributed by atoms with Crippen LogP contribution in [0.1, 0.15) is 36.7 Å². The summed E-state index contributed by atoms with van der Waals surface area (Å²) in [5.74, 6) is -1.04. The first-order valence-electron chi connectivity index (χ1n) is 11.3. The van der Waals surface area contributed by atoms with E-state index in [1.54, 1.807) is 52.0 Å². The highest BCUT2D eigenvalue weighted by Crippen LogP contribution is 2.28. The predicted octanol–water partition coefficient (Wildman–Crippen LogP) is 6.51. The van der Waals surface area contributed by atoms with Crippen molar-refractivity contribution in [3.05, 3.63) is 93.9 Å². The molecule has 0 saturated carbocycles. The Labute approximate surface area is 206 Å². The van der Waals surface area contributed by atoms with Crippen molar-refractivity contribution in [2.45, 2.75) is 33.3 Å². The summed E-state index contributed by atoms with van der Waals surface area (Å²) < 4.78 is 25.8. The van der Waals surface area contributed by atoms with E-state index in [1.807, 2.05) is 18.2 Å². The van der Waals surface area contributed by atoms with Crippen molar-refractivity contribution in [2.75, 3.05) is 10.6 Å². The molecule has 184 valence electrons. The molecule has 7 nitrogen and oxygen atoms in total. The average Bonchev–Trinajstić information content (AvgIpc) is 2.82. The number of halogens is 1. The van der Waals surface area contributed by atoms with E-state index in [-0.39, 0.29) is 33.3 Å². The number of fused-ring (bicyclic) bond motifs is 1. The minimum absolute atomic E-state index is 0.0617. The normalized spacial score (nSPS) is 11.2. The highest BCUT2D eigenvalue weighted by molar-refractivity contribution is 6.11. The molecule has 0 radical (unpaired) electrons. The van der Waals surface area contributed by atoms with Gasteiger partial charge in [-0.1, -0.05) is 36.4 Å². The van der Waals surface area contributed by atoms with E-state index in [2.05, 4.69) is 10.6 Å². The van der Waals surface area contributed by atoms with Gasteiger partial charge in [0.1, 0.15) is 17.2 Å². The molecule has 8 heteroatoms. The number of rotatable bonds is 4. The van der Waals surface area contributed by atoms with Gasteiger partial charge in [-0.25, -0.2) is 9.18 Å².